The molecule has 1 aliphatic heterocycles. The Morgan fingerprint density at radius 2 is 2.06 bits per heavy atom. The molecule has 1 aromatic rings. The van der Waals surface area contributed by atoms with Gasteiger partial charge in [0.1, 0.15) is 11.6 Å². The van der Waals surface area contributed by atoms with E-state index in [-0.39, 0.29) is 0 Å². The van der Waals surface area contributed by atoms with Gasteiger partial charge in [0.2, 0.25) is 0 Å². The number of anilines is 1. The summed E-state index contributed by atoms with van der Waals surface area (Å²) in [6, 6.07) is 2.04. The fourth-order valence-corrected chi connectivity index (χ4v) is 2.30. The average molecular weight is 218 g/mol. The maximum Gasteiger partial charge on any atom is 0.133 e. The van der Waals surface area contributed by atoms with E-state index in [2.05, 4.69) is 15.2 Å². The molecule has 2 aliphatic rings. The van der Waals surface area contributed by atoms with Crippen LogP contribution in [0.25, 0.3) is 0 Å². The molecule has 1 aliphatic carbocycles. The van der Waals surface area contributed by atoms with Crippen LogP contribution in [0.1, 0.15) is 31.0 Å². The maximum absolute atomic E-state index is 4.71. The molecular weight excluding hydrogens is 200 g/mol. The summed E-state index contributed by atoms with van der Waals surface area (Å²) in [6.07, 6.45) is 5.79. The molecule has 2 fully saturated rings. The number of nitrogens with zero attached hydrogens (tertiary/aromatic N) is 3. The van der Waals surface area contributed by atoms with Crippen LogP contribution in [0, 0.1) is 0 Å². The van der Waals surface area contributed by atoms with Crippen LogP contribution in [-0.4, -0.2) is 36.1 Å². The van der Waals surface area contributed by atoms with Gasteiger partial charge in [-0.2, -0.15) is 0 Å². The number of piperazine rings is 1. The Bertz CT molecular complexity index is 356. The van der Waals surface area contributed by atoms with Gasteiger partial charge in [-0.1, -0.05) is 6.42 Å². The van der Waals surface area contributed by atoms with Gasteiger partial charge >= 0.3 is 0 Å². The lowest BCUT2D eigenvalue weighted by Crippen LogP contribution is -2.44. The fourth-order valence-electron chi connectivity index (χ4n) is 2.30. The Morgan fingerprint density at radius 1 is 1.25 bits per heavy atom. The number of rotatable bonds is 2. The largest absolute Gasteiger partial charge is 0.354 e. The monoisotopic (exact) mass is 218 g/mol. The van der Waals surface area contributed by atoms with Crippen LogP contribution in [0.15, 0.2) is 12.3 Å². The second-order valence-corrected chi connectivity index (χ2v) is 4.64. The molecule has 0 radical (unpaired) electrons. The first-order chi connectivity index (χ1) is 7.93. The zero-order valence-electron chi connectivity index (χ0n) is 9.52. The Labute approximate surface area is 96.1 Å². The van der Waals surface area contributed by atoms with Gasteiger partial charge in [-0.05, 0) is 18.9 Å². The van der Waals surface area contributed by atoms with Crippen molar-refractivity contribution in [2.45, 2.75) is 25.2 Å². The fraction of sp³-hybridized carbons (Fsp3) is 0.667. The highest BCUT2D eigenvalue weighted by molar-refractivity contribution is 5.38. The van der Waals surface area contributed by atoms with Crippen LogP contribution in [0.2, 0.25) is 0 Å². The van der Waals surface area contributed by atoms with E-state index in [9.17, 15) is 0 Å². The van der Waals surface area contributed by atoms with E-state index >= 15 is 0 Å². The lowest BCUT2D eigenvalue weighted by atomic mass is 9.85. The first kappa shape index (κ1) is 10.0. The Morgan fingerprint density at radius 3 is 2.75 bits per heavy atom. The van der Waals surface area contributed by atoms with E-state index in [4.69, 9.17) is 4.98 Å². The maximum atomic E-state index is 4.71. The van der Waals surface area contributed by atoms with Gasteiger partial charge in [-0.3, -0.25) is 0 Å². The third kappa shape index (κ3) is 1.89. The Balaban J connectivity index is 1.77. The van der Waals surface area contributed by atoms with E-state index in [1.807, 2.05) is 12.3 Å². The minimum atomic E-state index is 0.628. The molecular formula is C12H18N4. The molecule has 0 bridgehead atoms. The summed E-state index contributed by atoms with van der Waals surface area (Å²) in [5.74, 6) is 2.79. The molecule has 2 heterocycles. The topological polar surface area (TPSA) is 41.0 Å². The molecule has 86 valence electrons. The molecule has 0 aromatic carbocycles. The van der Waals surface area contributed by atoms with E-state index in [1.54, 1.807) is 0 Å². The van der Waals surface area contributed by atoms with Crippen LogP contribution >= 0.6 is 0 Å². The first-order valence-corrected chi connectivity index (χ1v) is 6.22. The molecule has 1 saturated carbocycles. The van der Waals surface area contributed by atoms with Crippen molar-refractivity contribution in [2.75, 3.05) is 31.1 Å². The molecule has 3 rings (SSSR count). The average Bonchev–Trinajstić information content (AvgIpc) is 2.28. The number of hydrogen-bond donors (Lipinski definition) is 1. The standard InChI is InChI=1S/C12H18N4/c1-2-10(3-1)12-14-5-4-11(15-12)16-8-6-13-7-9-16/h4-5,10,13H,1-3,6-9H2. The molecule has 0 atom stereocenters. The highest BCUT2D eigenvalue weighted by Crippen LogP contribution is 2.34. The van der Waals surface area contributed by atoms with E-state index < -0.39 is 0 Å². The summed E-state index contributed by atoms with van der Waals surface area (Å²) in [5.41, 5.74) is 0. The van der Waals surface area contributed by atoms with Crippen molar-refractivity contribution in [3.05, 3.63) is 18.1 Å². The predicted octanol–water partition coefficient (Wildman–Crippen LogP) is 1.15. The van der Waals surface area contributed by atoms with Gasteiger partial charge in [0.25, 0.3) is 0 Å². The summed E-state index contributed by atoms with van der Waals surface area (Å²) in [6.45, 7) is 4.23. The second-order valence-electron chi connectivity index (χ2n) is 4.64. The van der Waals surface area contributed by atoms with Crippen molar-refractivity contribution in [2.24, 2.45) is 0 Å². The van der Waals surface area contributed by atoms with Crippen molar-refractivity contribution >= 4 is 5.82 Å². The van der Waals surface area contributed by atoms with Crippen molar-refractivity contribution in [3.63, 3.8) is 0 Å². The van der Waals surface area contributed by atoms with Gasteiger partial charge in [0.15, 0.2) is 0 Å². The number of nitrogens with one attached hydrogen (secondary N) is 1. The highest BCUT2D eigenvalue weighted by atomic mass is 15.2. The molecule has 4 nitrogen and oxygen atoms in total. The van der Waals surface area contributed by atoms with E-state index in [1.165, 1.54) is 19.3 Å². The van der Waals surface area contributed by atoms with Crippen molar-refractivity contribution in [3.8, 4) is 0 Å². The van der Waals surface area contributed by atoms with Crippen molar-refractivity contribution in [1.29, 1.82) is 0 Å². The zero-order valence-corrected chi connectivity index (χ0v) is 9.52. The van der Waals surface area contributed by atoms with Gasteiger partial charge in [-0.15, -0.1) is 0 Å². The normalized spacial score (nSPS) is 21.9. The number of hydrogen-bond acceptors (Lipinski definition) is 4. The summed E-state index contributed by atoms with van der Waals surface area (Å²) < 4.78 is 0. The van der Waals surface area contributed by atoms with Crippen LogP contribution in [0.4, 0.5) is 5.82 Å². The summed E-state index contributed by atoms with van der Waals surface area (Å²) in [4.78, 5) is 11.5. The summed E-state index contributed by atoms with van der Waals surface area (Å²) in [5, 5.41) is 3.36. The smallest absolute Gasteiger partial charge is 0.133 e. The summed E-state index contributed by atoms with van der Waals surface area (Å²) >= 11 is 0. The molecule has 1 aromatic heterocycles. The predicted molar refractivity (Wildman–Crippen MR) is 63.7 cm³/mol. The second kappa shape index (κ2) is 4.37. The first-order valence-electron chi connectivity index (χ1n) is 6.22. The summed E-state index contributed by atoms with van der Waals surface area (Å²) in [7, 11) is 0. The van der Waals surface area contributed by atoms with Crippen molar-refractivity contribution in [1.82, 2.24) is 15.3 Å². The minimum absolute atomic E-state index is 0.628. The highest BCUT2D eigenvalue weighted by Gasteiger charge is 2.23. The van der Waals surface area contributed by atoms with Crippen LogP contribution in [0.3, 0.4) is 0 Å². The van der Waals surface area contributed by atoms with Crippen molar-refractivity contribution < 1.29 is 0 Å². The molecule has 1 saturated heterocycles. The third-order valence-corrected chi connectivity index (χ3v) is 3.57. The molecule has 16 heavy (non-hydrogen) atoms. The van der Waals surface area contributed by atoms with Crippen LogP contribution in [-0.2, 0) is 0 Å². The van der Waals surface area contributed by atoms with Gasteiger partial charge in [0.05, 0.1) is 0 Å². The Hall–Kier alpha value is -1.16. The van der Waals surface area contributed by atoms with Crippen LogP contribution in [0.5, 0.6) is 0 Å². The lowest BCUT2D eigenvalue weighted by Gasteiger charge is -2.30. The molecule has 1 N–H and O–H groups in total. The molecule has 0 unspecified atom stereocenters. The van der Waals surface area contributed by atoms with Crippen LogP contribution < -0.4 is 10.2 Å². The SMILES string of the molecule is c1cc(N2CCNCC2)nc(C2CCC2)n1. The van der Waals surface area contributed by atoms with Gasteiger partial charge in [0, 0.05) is 38.3 Å². The van der Waals surface area contributed by atoms with E-state index in [0.717, 1.165) is 37.8 Å². The third-order valence-electron chi connectivity index (χ3n) is 3.57. The quantitative estimate of drug-likeness (QED) is 0.808. The van der Waals surface area contributed by atoms with E-state index in [0.29, 0.717) is 5.92 Å². The lowest BCUT2D eigenvalue weighted by molar-refractivity contribution is 0.401. The minimum Gasteiger partial charge on any atom is -0.354 e. The number of aromatic nitrogens is 2. The van der Waals surface area contributed by atoms with Gasteiger partial charge in [-0.25, -0.2) is 9.97 Å². The zero-order chi connectivity index (χ0) is 10.8. The molecule has 0 amide bonds. The van der Waals surface area contributed by atoms with Gasteiger partial charge < -0.3 is 10.2 Å². The molecule has 4 heteroatoms. The molecule has 0 spiro atoms. The Kier molecular flexibility index (Phi) is 2.74.